The van der Waals surface area contributed by atoms with Crippen LogP contribution in [0.1, 0.15) is 213 Å². The van der Waals surface area contributed by atoms with Gasteiger partial charge in [-0.05, 0) is 19.3 Å². The van der Waals surface area contributed by atoms with Crippen molar-refractivity contribution in [1.29, 1.82) is 0 Å². The molecule has 34 atom stereocenters. The van der Waals surface area contributed by atoms with Crippen LogP contribution >= 0.6 is 0 Å². The van der Waals surface area contributed by atoms with Gasteiger partial charge in [0.05, 0.1) is 82.7 Å². The van der Waals surface area contributed by atoms with Gasteiger partial charge in [0, 0.05) is 26.2 Å². The molecule has 0 spiro atoms. The lowest BCUT2D eigenvalue weighted by molar-refractivity contribution is -0.405. The van der Waals surface area contributed by atoms with Crippen molar-refractivity contribution in [3.05, 3.63) is 12.2 Å². The van der Waals surface area contributed by atoms with E-state index >= 15 is 0 Å². The first-order valence-corrected chi connectivity index (χ1v) is 45.6. The van der Waals surface area contributed by atoms with Crippen LogP contribution in [-0.4, -0.2) is 420 Å². The number of ether oxygens (including phenoxy) is 12. The van der Waals surface area contributed by atoms with Crippen LogP contribution in [0.25, 0.3) is 0 Å². The molecule has 45 heteroatoms. The number of carbonyl (C=O) groups is 6. The van der Waals surface area contributed by atoms with Gasteiger partial charge in [-0.15, -0.1) is 0 Å². The van der Waals surface area contributed by atoms with Crippen molar-refractivity contribution in [2.75, 3.05) is 59.5 Å². The maximum Gasteiger partial charge on any atom is 0.364 e. The summed E-state index contributed by atoms with van der Waals surface area (Å²) in [6.07, 6.45) is -34.1. The number of allylic oxidation sites excluding steroid dienone is 1. The number of unbranched alkanes of at least 4 members (excludes halogenated alkanes) is 25. The summed E-state index contributed by atoms with van der Waals surface area (Å²) in [7, 11) is 0. The first kappa shape index (κ1) is 113. The highest BCUT2D eigenvalue weighted by Crippen LogP contribution is 2.43. The molecule has 129 heavy (non-hydrogen) atoms. The summed E-state index contributed by atoms with van der Waals surface area (Å²) in [5.74, 6) is -15.5. The Kier molecular flexibility index (Phi) is 50.8. The fourth-order valence-electron chi connectivity index (χ4n) is 16.9. The van der Waals surface area contributed by atoms with Gasteiger partial charge < -0.3 is 196 Å². The monoisotopic (exact) mass is 1870 g/mol. The summed E-state index contributed by atoms with van der Waals surface area (Å²) >= 11 is 0. The molecule has 0 aromatic carbocycles. The van der Waals surface area contributed by atoms with Crippen molar-refractivity contribution in [3.8, 4) is 0 Å². The highest BCUT2D eigenvalue weighted by molar-refractivity contribution is 5.79. The van der Waals surface area contributed by atoms with Gasteiger partial charge in [-0.3, -0.25) is 19.2 Å². The van der Waals surface area contributed by atoms with Crippen LogP contribution in [0.3, 0.4) is 0 Å². The maximum absolute atomic E-state index is 14.1. The van der Waals surface area contributed by atoms with E-state index in [2.05, 4.69) is 35.1 Å². The SMILES string of the molecule is CCCCCCCCCCCCC/C=C/[C@@H](O)[C@H](CO[C@@H]1OC(CO)[C@@H](O[C@@H]2OC(CO)[C@H](O[C@@H]3OC(CO)[C@H](O)[C@H](O[C@@H]4OC(CO)[C@H](O)[C@H](O[C@]5(C(=O)O)CC(O)[C@@H](NC(=O)CO)C([C@H](O)[C@H](O)CO)O5)C4O)C3NC(C)=O)[C@H](O[C@]3(C(=O)O)CC(O)[C@@H](NC(=O)CO)C([C@H](O)[C@H](O)CO)O3)C2O)[C@H](O)C1O)NC(=O)CCCCCCCCCCCCCCCCC. The zero-order chi connectivity index (χ0) is 95.2. The molecule has 0 bridgehead atoms. The molecule has 6 fully saturated rings. The molecule has 12 unspecified atom stereocenters. The van der Waals surface area contributed by atoms with E-state index in [4.69, 9.17) is 56.8 Å². The van der Waals surface area contributed by atoms with Crippen LogP contribution in [0.4, 0.5) is 0 Å². The van der Waals surface area contributed by atoms with Crippen molar-refractivity contribution in [1.82, 2.24) is 21.3 Å². The van der Waals surface area contributed by atoms with Crippen LogP contribution in [-0.2, 0) is 85.6 Å². The van der Waals surface area contributed by atoms with E-state index in [0.717, 1.165) is 71.1 Å². The predicted molar refractivity (Wildman–Crippen MR) is 443 cm³/mol. The normalized spacial score (nSPS) is 34.8. The minimum absolute atomic E-state index is 0.0838. The molecule has 6 aliphatic rings. The Labute approximate surface area is 749 Å². The molecular formula is C84H148N4O41. The van der Waals surface area contributed by atoms with Crippen molar-refractivity contribution in [3.63, 3.8) is 0 Å². The standard InChI is InChI=1S/C84H148N4O41/c1-4-6-8-10-12-14-16-18-19-21-23-25-27-29-31-33-56(103)86-46(47(98)32-30-28-26-24-22-20-17-15-13-11-9-7-5-2)44-118-78-67(111)66(110)70(54(40-93)121-78)123-80-69(113)76(129-84(82(116)117)35-49(100)60(88-58(105)43-96)74(127-84)63(107)51(102)37-90)71(55(41-94)122-80)124-77-61(85-45(3)97)72(64(108)52(38-91)119-77)125-79-68(112)75(65(109)53(39-92)120-79)128-83(81(114)115)34-48(99)59(87-57(104)42-95)73(126-83)62(106)50(101)36-89/h30,32,46-55,59-80,89-96,98-102,106-113H,4-29,31,33-44H2,1-3H3,(H,85,97)(H,86,103)(H,87,104)(H,88,105)(H,114,115)(H,116,117)/b32-30+/t46-,47+,48?,49?,50+,51+,52?,53?,54?,55?,59+,60+,61?,62+,63+,64-,65-,66+,67?,68?,69?,70+,71-,72+,73?,74?,75-,76+,77-,78+,79-,80-,83-,84-/m0/s1. The number of amides is 4. The zero-order valence-electron chi connectivity index (χ0n) is 73.8. The number of aliphatic carboxylic acids is 2. The van der Waals surface area contributed by atoms with Gasteiger partial charge in [-0.25, -0.2) is 9.59 Å². The number of hydrogen-bond acceptors (Lipinski definition) is 39. The molecule has 6 saturated heterocycles. The van der Waals surface area contributed by atoms with E-state index in [1.807, 2.05) is 0 Å². The van der Waals surface area contributed by atoms with Gasteiger partial charge in [-0.1, -0.05) is 180 Å². The van der Waals surface area contributed by atoms with E-state index in [-0.39, 0.29) is 6.42 Å². The quantitative estimate of drug-likeness (QED) is 0.0199. The molecule has 6 heterocycles. The average Bonchev–Trinajstić information content (AvgIpc) is 0.750. The number of aliphatic hydroxyl groups excluding tert-OH is 21. The number of aliphatic hydroxyl groups is 21. The first-order chi connectivity index (χ1) is 61.6. The van der Waals surface area contributed by atoms with E-state index in [1.165, 1.54) is 102 Å². The molecular weight excluding hydrogens is 1720 g/mol. The Balaban J connectivity index is 1.31. The number of carboxylic acid groups (broad SMARTS) is 2. The molecule has 0 aromatic heterocycles. The Morgan fingerprint density at radius 3 is 1.22 bits per heavy atom. The highest BCUT2D eigenvalue weighted by atomic mass is 16.8. The third-order valence-electron chi connectivity index (χ3n) is 24.3. The predicted octanol–water partition coefficient (Wildman–Crippen LogP) is -5.92. The number of nitrogens with one attached hydrogen (secondary N) is 4. The third kappa shape index (κ3) is 33.0. The lowest BCUT2D eigenvalue weighted by Gasteiger charge is -2.53. The Morgan fingerprint density at radius 2 is 0.791 bits per heavy atom. The zero-order valence-corrected chi connectivity index (χ0v) is 73.8. The Bertz CT molecular complexity index is 3240. The molecule has 6 rings (SSSR count). The molecule has 0 aromatic rings. The number of carboxylic acids is 2. The summed E-state index contributed by atoms with van der Waals surface area (Å²) in [5, 5.41) is 266. The third-order valence-corrected chi connectivity index (χ3v) is 24.3. The maximum atomic E-state index is 14.1. The Morgan fingerprint density at radius 1 is 0.411 bits per heavy atom. The summed E-state index contributed by atoms with van der Waals surface area (Å²) in [6, 6.07) is -7.32. The fraction of sp³-hybridized carbons (Fsp3) is 0.905. The lowest BCUT2D eigenvalue weighted by atomic mass is 9.88. The van der Waals surface area contributed by atoms with Gasteiger partial charge in [0.15, 0.2) is 25.2 Å². The minimum atomic E-state index is -3.57. The molecule has 0 saturated carbocycles. The fourth-order valence-corrected chi connectivity index (χ4v) is 16.9. The second-order valence-electron chi connectivity index (χ2n) is 34.3. The summed E-state index contributed by atoms with van der Waals surface area (Å²) in [6.45, 7) is -5.56. The number of carbonyl (C=O) groups excluding carboxylic acids is 4. The van der Waals surface area contributed by atoms with E-state index in [0.29, 0.717) is 12.8 Å². The summed E-state index contributed by atoms with van der Waals surface area (Å²) in [5.41, 5.74) is 0. The first-order valence-electron chi connectivity index (χ1n) is 45.6. The van der Waals surface area contributed by atoms with Gasteiger partial charge in [0.25, 0.3) is 11.6 Å². The highest BCUT2D eigenvalue weighted by Gasteiger charge is 2.64. The van der Waals surface area contributed by atoms with Crippen LogP contribution in [0, 0.1) is 0 Å². The minimum Gasteiger partial charge on any atom is -0.477 e. The van der Waals surface area contributed by atoms with Gasteiger partial charge in [0.2, 0.25) is 23.6 Å². The molecule has 4 amide bonds. The second-order valence-corrected chi connectivity index (χ2v) is 34.3. The summed E-state index contributed by atoms with van der Waals surface area (Å²) in [4.78, 5) is 79.9. The van der Waals surface area contributed by atoms with Crippen molar-refractivity contribution in [2.45, 2.75) is 421 Å². The van der Waals surface area contributed by atoms with Crippen LogP contribution in [0.5, 0.6) is 0 Å². The lowest BCUT2D eigenvalue weighted by Crippen LogP contribution is -2.72. The van der Waals surface area contributed by atoms with Gasteiger partial charge in [-0.2, -0.15) is 0 Å². The van der Waals surface area contributed by atoms with Crippen LogP contribution in [0.2, 0.25) is 0 Å². The van der Waals surface area contributed by atoms with Gasteiger partial charge in [0.1, 0.15) is 147 Å². The Hall–Kier alpha value is -4.76. The van der Waals surface area contributed by atoms with E-state index in [1.54, 1.807) is 6.08 Å². The van der Waals surface area contributed by atoms with Crippen molar-refractivity contribution in [2.24, 2.45) is 0 Å². The molecule has 6 aliphatic heterocycles. The van der Waals surface area contributed by atoms with E-state index in [9.17, 15) is 146 Å². The average molecular weight is 1870 g/mol. The number of rotatable bonds is 61. The molecule has 0 radical (unpaired) electrons. The van der Waals surface area contributed by atoms with Gasteiger partial charge >= 0.3 is 11.9 Å². The van der Waals surface area contributed by atoms with Crippen molar-refractivity contribution < 1.29 is 203 Å². The smallest absolute Gasteiger partial charge is 0.364 e. The second kappa shape index (κ2) is 58.0. The van der Waals surface area contributed by atoms with Crippen LogP contribution < -0.4 is 21.3 Å². The topological polar surface area (TPSA) is 727 Å². The van der Waals surface area contributed by atoms with E-state index < -0.39 is 315 Å². The largest absolute Gasteiger partial charge is 0.477 e. The molecule has 0 aliphatic carbocycles. The van der Waals surface area contributed by atoms with Crippen molar-refractivity contribution >= 4 is 35.6 Å². The molecule has 750 valence electrons. The molecule has 45 nitrogen and oxygen atoms in total. The van der Waals surface area contributed by atoms with Crippen LogP contribution in [0.15, 0.2) is 12.2 Å². The summed E-state index contributed by atoms with van der Waals surface area (Å²) < 4.78 is 72.1. The number of hydrogen-bond donors (Lipinski definition) is 27. The molecule has 27 N–H and O–H groups in total.